The van der Waals surface area contributed by atoms with Crippen LogP contribution in [0, 0.1) is 0 Å². The molecule has 0 fully saturated rings. The van der Waals surface area contributed by atoms with Crippen LogP contribution in [0.25, 0.3) is 21.6 Å². The molecule has 0 aliphatic heterocycles. The smallest absolute Gasteiger partial charge is 0.417 e. The number of hydrogen-bond donors (Lipinski definition) is 2. The predicted octanol–water partition coefficient (Wildman–Crippen LogP) is 6.99. The standard InChI is InChI=1S/C21H12Cl2F3N3O2S/c22-15-2-1-10(5-16(15)23)8-27-12-6-13(17(20(30)31)14(7-12)21(24,25)26)18-28-9-11-3-4-32-19(11)29-18/h1-7,9,27H,8H2,(H,30,31). The van der Waals surface area contributed by atoms with Gasteiger partial charge in [0, 0.05) is 29.4 Å². The first kappa shape index (κ1) is 22.3. The zero-order valence-corrected chi connectivity index (χ0v) is 18.2. The van der Waals surface area contributed by atoms with Gasteiger partial charge in [0.05, 0.1) is 21.2 Å². The van der Waals surface area contributed by atoms with Crippen molar-refractivity contribution in [3.05, 3.63) is 74.7 Å². The van der Waals surface area contributed by atoms with Crippen molar-refractivity contribution < 1.29 is 23.1 Å². The first-order valence-corrected chi connectivity index (χ1v) is 10.6. The molecule has 11 heteroatoms. The molecule has 0 amide bonds. The summed E-state index contributed by atoms with van der Waals surface area (Å²) >= 11 is 13.2. The highest BCUT2D eigenvalue weighted by atomic mass is 35.5. The minimum Gasteiger partial charge on any atom is -0.478 e. The Balaban J connectivity index is 1.82. The van der Waals surface area contributed by atoms with Gasteiger partial charge in [-0.2, -0.15) is 13.2 Å². The zero-order chi connectivity index (χ0) is 23.0. The number of nitrogens with zero attached hydrogens (tertiary/aromatic N) is 2. The van der Waals surface area contributed by atoms with Gasteiger partial charge >= 0.3 is 12.1 Å². The fourth-order valence-electron chi connectivity index (χ4n) is 3.11. The maximum Gasteiger partial charge on any atom is 0.417 e. The summed E-state index contributed by atoms with van der Waals surface area (Å²) in [7, 11) is 0. The molecule has 164 valence electrons. The van der Waals surface area contributed by atoms with E-state index in [9.17, 15) is 23.1 Å². The van der Waals surface area contributed by atoms with E-state index >= 15 is 0 Å². The third kappa shape index (κ3) is 4.50. The van der Waals surface area contributed by atoms with E-state index in [4.69, 9.17) is 23.2 Å². The number of benzene rings is 2. The first-order chi connectivity index (χ1) is 15.1. The number of hydrogen-bond acceptors (Lipinski definition) is 5. The average molecular weight is 498 g/mol. The van der Waals surface area contributed by atoms with Gasteiger partial charge in [0.25, 0.3) is 0 Å². The quantitative estimate of drug-likeness (QED) is 0.310. The molecule has 2 aromatic carbocycles. The van der Waals surface area contributed by atoms with Crippen molar-refractivity contribution in [3.8, 4) is 11.4 Å². The van der Waals surface area contributed by atoms with Crippen LogP contribution in [-0.4, -0.2) is 21.0 Å². The summed E-state index contributed by atoms with van der Waals surface area (Å²) in [5, 5.41) is 15.6. The van der Waals surface area contributed by atoms with Crippen LogP contribution in [0.15, 0.2) is 48.0 Å². The highest BCUT2D eigenvalue weighted by molar-refractivity contribution is 7.16. The number of anilines is 1. The number of carbonyl (C=O) groups is 1. The lowest BCUT2D eigenvalue weighted by Gasteiger charge is -2.17. The molecule has 0 saturated carbocycles. The average Bonchev–Trinajstić information content (AvgIpc) is 3.21. The van der Waals surface area contributed by atoms with Crippen LogP contribution in [0.5, 0.6) is 0 Å². The lowest BCUT2D eigenvalue weighted by atomic mass is 9.98. The van der Waals surface area contributed by atoms with Gasteiger partial charge in [0.1, 0.15) is 4.83 Å². The lowest BCUT2D eigenvalue weighted by molar-refractivity contribution is -0.138. The molecule has 2 heterocycles. The fraction of sp³-hybridized carbons (Fsp3) is 0.0952. The SMILES string of the molecule is O=C(O)c1c(-c2ncc3ccsc3n2)cc(NCc2ccc(Cl)c(Cl)c2)cc1C(F)(F)F. The molecular weight excluding hydrogens is 486 g/mol. The number of alkyl halides is 3. The third-order valence-corrected chi connectivity index (χ3v) is 6.15. The maximum atomic E-state index is 13.8. The highest BCUT2D eigenvalue weighted by Crippen LogP contribution is 2.39. The van der Waals surface area contributed by atoms with Crippen molar-refractivity contribution >= 4 is 56.4 Å². The molecule has 0 bridgehead atoms. The highest BCUT2D eigenvalue weighted by Gasteiger charge is 2.38. The lowest BCUT2D eigenvalue weighted by Crippen LogP contribution is -2.16. The summed E-state index contributed by atoms with van der Waals surface area (Å²) in [4.78, 5) is 20.7. The summed E-state index contributed by atoms with van der Waals surface area (Å²) < 4.78 is 41.4. The van der Waals surface area contributed by atoms with Crippen LogP contribution in [-0.2, 0) is 12.7 Å². The topological polar surface area (TPSA) is 75.1 Å². The molecule has 0 radical (unpaired) electrons. The molecule has 0 atom stereocenters. The summed E-state index contributed by atoms with van der Waals surface area (Å²) in [6, 6.07) is 8.65. The van der Waals surface area contributed by atoms with E-state index in [0.717, 1.165) is 6.07 Å². The first-order valence-electron chi connectivity index (χ1n) is 9.00. The summed E-state index contributed by atoms with van der Waals surface area (Å²) in [6.45, 7) is 0.130. The van der Waals surface area contributed by atoms with Gasteiger partial charge < -0.3 is 10.4 Å². The van der Waals surface area contributed by atoms with E-state index < -0.39 is 23.3 Å². The van der Waals surface area contributed by atoms with Crippen LogP contribution in [0.2, 0.25) is 10.0 Å². The number of aromatic carboxylic acids is 1. The Labute approximate surface area is 193 Å². The summed E-state index contributed by atoms with van der Waals surface area (Å²) in [5.74, 6) is -1.83. The van der Waals surface area contributed by atoms with Gasteiger partial charge in [-0.15, -0.1) is 11.3 Å². The minimum atomic E-state index is -4.91. The fourth-order valence-corrected chi connectivity index (χ4v) is 4.17. The number of aromatic nitrogens is 2. The molecule has 4 aromatic rings. The third-order valence-electron chi connectivity index (χ3n) is 4.59. The summed E-state index contributed by atoms with van der Waals surface area (Å²) in [5.41, 5.74) is -1.71. The van der Waals surface area contributed by atoms with Gasteiger partial charge in [0.2, 0.25) is 0 Å². The van der Waals surface area contributed by atoms with E-state index in [2.05, 4.69) is 15.3 Å². The van der Waals surface area contributed by atoms with Crippen LogP contribution in [0.3, 0.4) is 0 Å². The number of thiophene rings is 1. The molecule has 0 spiro atoms. The van der Waals surface area contributed by atoms with E-state index in [1.54, 1.807) is 29.6 Å². The van der Waals surface area contributed by atoms with Crippen LogP contribution >= 0.6 is 34.5 Å². The van der Waals surface area contributed by atoms with Gasteiger partial charge in [-0.1, -0.05) is 29.3 Å². The van der Waals surface area contributed by atoms with Crippen LogP contribution in [0.1, 0.15) is 21.5 Å². The molecule has 0 aliphatic rings. The Hall–Kier alpha value is -2.88. The number of carboxylic acid groups (broad SMARTS) is 1. The molecule has 5 nitrogen and oxygen atoms in total. The van der Waals surface area contributed by atoms with E-state index in [-0.39, 0.29) is 23.6 Å². The number of fused-ring (bicyclic) bond motifs is 1. The van der Waals surface area contributed by atoms with Gasteiger partial charge in [-0.3, -0.25) is 0 Å². The molecular formula is C21H12Cl2F3N3O2S. The predicted molar refractivity (Wildman–Crippen MR) is 119 cm³/mol. The number of nitrogens with one attached hydrogen (secondary N) is 1. The minimum absolute atomic E-state index is 0.0540. The molecule has 0 aliphatic carbocycles. The van der Waals surface area contributed by atoms with Crippen molar-refractivity contribution in [2.75, 3.05) is 5.32 Å². The number of rotatable bonds is 5. The van der Waals surface area contributed by atoms with E-state index in [1.165, 1.54) is 23.6 Å². The van der Waals surface area contributed by atoms with Gasteiger partial charge in [0.15, 0.2) is 5.82 Å². The summed E-state index contributed by atoms with van der Waals surface area (Å²) in [6.07, 6.45) is -3.46. The Bertz CT molecular complexity index is 1340. The van der Waals surface area contributed by atoms with Gasteiger partial charge in [-0.25, -0.2) is 14.8 Å². The van der Waals surface area contributed by atoms with E-state index in [0.29, 0.717) is 25.8 Å². The van der Waals surface area contributed by atoms with Gasteiger partial charge in [-0.05, 0) is 41.3 Å². The molecule has 4 rings (SSSR count). The monoisotopic (exact) mass is 497 g/mol. The van der Waals surface area contributed by atoms with Crippen molar-refractivity contribution in [2.24, 2.45) is 0 Å². The molecule has 0 unspecified atom stereocenters. The molecule has 32 heavy (non-hydrogen) atoms. The van der Waals surface area contributed by atoms with Crippen molar-refractivity contribution in [1.82, 2.24) is 9.97 Å². The molecule has 2 N–H and O–H groups in total. The van der Waals surface area contributed by atoms with E-state index in [1.807, 2.05) is 0 Å². The second-order valence-electron chi connectivity index (χ2n) is 6.73. The normalized spacial score (nSPS) is 11.7. The Morgan fingerprint density at radius 1 is 1.12 bits per heavy atom. The van der Waals surface area contributed by atoms with Crippen molar-refractivity contribution in [1.29, 1.82) is 0 Å². The Morgan fingerprint density at radius 3 is 2.59 bits per heavy atom. The molecule has 0 saturated heterocycles. The van der Waals surface area contributed by atoms with Crippen molar-refractivity contribution in [2.45, 2.75) is 12.7 Å². The number of carboxylic acids is 1. The van der Waals surface area contributed by atoms with Crippen LogP contribution < -0.4 is 5.32 Å². The van der Waals surface area contributed by atoms with Crippen molar-refractivity contribution in [3.63, 3.8) is 0 Å². The molecule has 2 aromatic heterocycles. The second-order valence-corrected chi connectivity index (χ2v) is 8.43. The zero-order valence-electron chi connectivity index (χ0n) is 15.9. The maximum absolute atomic E-state index is 13.8. The Morgan fingerprint density at radius 2 is 1.91 bits per heavy atom. The van der Waals surface area contributed by atoms with Crippen LogP contribution in [0.4, 0.5) is 18.9 Å². The largest absolute Gasteiger partial charge is 0.478 e. The number of halogens is 5. The Kier molecular flexibility index (Phi) is 5.98. The second kappa shape index (κ2) is 8.57.